The Bertz CT molecular complexity index is 1080. The van der Waals surface area contributed by atoms with Crippen LogP contribution in [0.5, 0.6) is 0 Å². The molecule has 1 aliphatic carbocycles. The third-order valence-corrected chi connectivity index (χ3v) is 7.96. The fourth-order valence-electron chi connectivity index (χ4n) is 5.29. The van der Waals surface area contributed by atoms with Gasteiger partial charge in [-0.3, -0.25) is 33.6 Å². The van der Waals surface area contributed by atoms with Crippen LogP contribution >= 0.6 is 0 Å². The van der Waals surface area contributed by atoms with Crippen LogP contribution in [-0.4, -0.2) is 144 Å². The van der Waals surface area contributed by atoms with Crippen LogP contribution in [0.1, 0.15) is 51.4 Å². The smallest absolute Gasteiger partial charge is 0.305 e. The third-order valence-electron chi connectivity index (χ3n) is 7.96. The zero-order chi connectivity index (χ0) is 36.6. The normalized spacial score (nSPS) is 18.1. The van der Waals surface area contributed by atoms with Crippen LogP contribution in [0.2, 0.25) is 0 Å². The second-order valence-corrected chi connectivity index (χ2v) is 12.2. The van der Waals surface area contributed by atoms with Gasteiger partial charge in [0.05, 0.1) is 12.3 Å². The quantitative estimate of drug-likeness (QED) is 0.0371. The number of nitrogens with zero attached hydrogens (tertiary/aromatic N) is 1. The summed E-state index contributed by atoms with van der Waals surface area (Å²) < 4.78 is 0. The molecule has 280 valence electrons. The van der Waals surface area contributed by atoms with Gasteiger partial charge in [-0.1, -0.05) is 0 Å². The van der Waals surface area contributed by atoms with Gasteiger partial charge < -0.3 is 58.3 Å². The fraction of sp³-hybridized carbons (Fsp3) is 0.774. The van der Waals surface area contributed by atoms with Gasteiger partial charge in [-0.25, -0.2) is 0 Å². The van der Waals surface area contributed by atoms with Gasteiger partial charge in [0, 0.05) is 102 Å². The highest BCUT2D eigenvalue weighted by molar-refractivity contribution is 5.82. The Morgan fingerprint density at radius 1 is 0.612 bits per heavy atom. The molecule has 0 heterocycles. The number of nitrogens with two attached hydrogens (primary N) is 1. The minimum Gasteiger partial charge on any atom is -0.481 e. The van der Waals surface area contributed by atoms with Crippen LogP contribution in [0, 0.1) is 11.8 Å². The van der Waals surface area contributed by atoms with E-state index in [9.17, 15) is 33.6 Å². The monoisotopic (exact) mass is 698 g/mol. The number of hydrogen-bond acceptors (Lipinski definition) is 11. The van der Waals surface area contributed by atoms with E-state index in [-0.39, 0.29) is 124 Å². The van der Waals surface area contributed by atoms with Crippen molar-refractivity contribution in [1.82, 2.24) is 47.4 Å². The molecule has 1 saturated carbocycles. The number of carboxylic acid groups (broad SMARTS) is 1. The largest absolute Gasteiger partial charge is 0.481 e. The van der Waals surface area contributed by atoms with Crippen molar-refractivity contribution in [3.63, 3.8) is 0 Å². The highest BCUT2D eigenvalue weighted by Gasteiger charge is 2.51. The lowest BCUT2D eigenvalue weighted by Gasteiger charge is -2.49. The van der Waals surface area contributed by atoms with E-state index in [2.05, 4.69) is 47.4 Å². The number of rotatable bonds is 27. The van der Waals surface area contributed by atoms with Gasteiger partial charge >= 0.3 is 5.97 Å². The summed E-state index contributed by atoms with van der Waals surface area (Å²) in [6.45, 7) is 3.36. The number of hydrogen-bond donors (Lipinski definition) is 10. The van der Waals surface area contributed by atoms with E-state index in [0.29, 0.717) is 32.6 Å². The SMILES string of the molecule is CNC1C(N)C(C(=O)NCCCN(C)C)C1CNCCNC(=O)CCNC(=O)CCNC(=O)CCCC(=O)NCCC(=O)NCCC(=O)O. The molecule has 0 radical (unpaired) electrons. The summed E-state index contributed by atoms with van der Waals surface area (Å²) in [5.74, 6) is -2.80. The van der Waals surface area contributed by atoms with Crippen molar-refractivity contribution >= 4 is 41.4 Å². The van der Waals surface area contributed by atoms with Gasteiger partial charge in [0.15, 0.2) is 0 Å². The summed E-state index contributed by atoms with van der Waals surface area (Å²) in [4.78, 5) is 84.7. The van der Waals surface area contributed by atoms with Crippen LogP contribution in [-0.2, 0) is 33.6 Å². The van der Waals surface area contributed by atoms with Crippen molar-refractivity contribution in [2.45, 2.75) is 63.5 Å². The molecule has 0 spiro atoms. The average molecular weight is 699 g/mol. The van der Waals surface area contributed by atoms with Gasteiger partial charge in [-0.2, -0.15) is 0 Å². The minimum absolute atomic E-state index is 0.0201. The Morgan fingerprint density at radius 3 is 1.55 bits per heavy atom. The summed E-state index contributed by atoms with van der Waals surface area (Å²) in [6.07, 6.45) is 1.33. The fourth-order valence-corrected chi connectivity index (χ4v) is 5.29. The van der Waals surface area contributed by atoms with Crippen LogP contribution in [0.25, 0.3) is 0 Å². The van der Waals surface area contributed by atoms with Crippen molar-refractivity contribution in [3.05, 3.63) is 0 Å². The van der Waals surface area contributed by atoms with E-state index in [1.54, 1.807) is 0 Å². The Balaban J connectivity index is 2.08. The molecule has 49 heavy (non-hydrogen) atoms. The molecule has 1 fully saturated rings. The van der Waals surface area contributed by atoms with Crippen LogP contribution in [0.3, 0.4) is 0 Å². The van der Waals surface area contributed by atoms with Crippen LogP contribution in [0.4, 0.5) is 0 Å². The van der Waals surface area contributed by atoms with E-state index < -0.39 is 5.97 Å². The number of nitrogens with one attached hydrogen (secondary N) is 8. The van der Waals surface area contributed by atoms with Crippen molar-refractivity contribution in [2.24, 2.45) is 17.6 Å². The van der Waals surface area contributed by atoms with E-state index >= 15 is 0 Å². The van der Waals surface area contributed by atoms with E-state index in [4.69, 9.17) is 10.8 Å². The molecule has 11 N–H and O–H groups in total. The maximum Gasteiger partial charge on any atom is 0.305 e. The highest BCUT2D eigenvalue weighted by atomic mass is 16.4. The molecule has 18 nitrogen and oxygen atoms in total. The maximum atomic E-state index is 12.7. The average Bonchev–Trinajstić information content (AvgIpc) is 3.02. The molecule has 1 rings (SSSR count). The molecule has 0 aliphatic heterocycles. The number of aliphatic carboxylic acids is 1. The Hall–Kier alpha value is -3.87. The molecule has 0 aromatic rings. The summed E-state index contributed by atoms with van der Waals surface area (Å²) in [7, 11) is 5.81. The van der Waals surface area contributed by atoms with Gasteiger partial charge in [-0.15, -0.1) is 0 Å². The van der Waals surface area contributed by atoms with Crippen LogP contribution in [0.15, 0.2) is 0 Å². The summed E-state index contributed by atoms with van der Waals surface area (Å²) in [6, 6.07) is -0.238. The van der Waals surface area contributed by atoms with Gasteiger partial charge in [0.2, 0.25) is 35.4 Å². The molecular weight excluding hydrogens is 640 g/mol. The second kappa shape index (κ2) is 25.2. The second-order valence-electron chi connectivity index (χ2n) is 12.2. The molecule has 6 amide bonds. The minimum atomic E-state index is -1.02. The lowest BCUT2D eigenvalue weighted by molar-refractivity contribution is -0.137. The molecule has 4 atom stereocenters. The molecule has 0 aromatic carbocycles. The topological polar surface area (TPSA) is 265 Å². The van der Waals surface area contributed by atoms with E-state index in [1.165, 1.54) is 0 Å². The molecule has 18 heteroatoms. The molecule has 4 unspecified atom stereocenters. The Labute approximate surface area is 288 Å². The number of amides is 6. The van der Waals surface area contributed by atoms with Crippen LogP contribution < -0.4 is 48.3 Å². The molecule has 0 saturated heterocycles. The van der Waals surface area contributed by atoms with Gasteiger partial charge in [0.25, 0.3) is 0 Å². The highest BCUT2D eigenvalue weighted by Crippen LogP contribution is 2.33. The maximum absolute atomic E-state index is 12.7. The van der Waals surface area contributed by atoms with Crippen molar-refractivity contribution in [2.75, 3.05) is 80.0 Å². The zero-order valence-corrected chi connectivity index (χ0v) is 29.2. The van der Waals surface area contributed by atoms with Gasteiger partial charge in [-0.05, 0) is 40.5 Å². The molecular formula is C31H58N10O8. The van der Waals surface area contributed by atoms with E-state index in [1.807, 2.05) is 21.1 Å². The first-order chi connectivity index (χ1) is 23.3. The first kappa shape index (κ1) is 43.2. The van der Waals surface area contributed by atoms with Gasteiger partial charge in [0.1, 0.15) is 0 Å². The zero-order valence-electron chi connectivity index (χ0n) is 29.2. The Morgan fingerprint density at radius 2 is 1.08 bits per heavy atom. The number of likely N-dealkylation sites (N-methyl/N-ethyl adjacent to an activating group) is 1. The Kier molecular flexibility index (Phi) is 22.1. The molecule has 1 aliphatic rings. The third kappa shape index (κ3) is 19.7. The number of carbonyl (C=O) groups is 7. The first-order valence-corrected chi connectivity index (χ1v) is 17.0. The standard InChI is InChI=1S/C31H58N10O8/c1-33-30-21(28(29(30)32)31(49)40-12-5-19-41(2)3)20-34-17-18-39-26(46)10-15-37-24(44)8-13-35-22(42)6-4-7-23(43)36-14-9-25(45)38-16-11-27(47)48/h21,28-30,33-34H,4-20,32H2,1-3H3,(H,35,42)(H,36,43)(H,37,44)(H,38,45)(H,39,46)(H,40,49)(H,47,48). The summed E-state index contributed by atoms with van der Waals surface area (Å²) >= 11 is 0. The lowest BCUT2D eigenvalue weighted by Crippen LogP contribution is -2.71. The lowest BCUT2D eigenvalue weighted by atomic mass is 9.64. The predicted molar refractivity (Wildman–Crippen MR) is 182 cm³/mol. The number of carbonyl (C=O) groups excluding carboxylic acids is 6. The van der Waals surface area contributed by atoms with Crippen molar-refractivity contribution in [3.8, 4) is 0 Å². The molecule has 0 aromatic heterocycles. The number of carboxylic acids is 1. The molecule has 0 bridgehead atoms. The van der Waals surface area contributed by atoms with E-state index in [0.717, 1.165) is 13.0 Å². The van der Waals surface area contributed by atoms with Crippen molar-refractivity contribution < 1.29 is 38.7 Å². The van der Waals surface area contributed by atoms with Crippen molar-refractivity contribution in [1.29, 1.82) is 0 Å². The predicted octanol–water partition coefficient (Wildman–Crippen LogP) is -3.80. The first-order valence-electron chi connectivity index (χ1n) is 17.0. The summed E-state index contributed by atoms with van der Waals surface area (Å²) in [5.41, 5.74) is 6.26. The summed E-state index contributed by atoms with van der Waals surface area (Å²) in [5, 5.41) is 31.1.